The molecule has 5 nitrogen and oxygen atoms in total. The van der Waals surface area contributed by atoms with Crippen molar-refractivity contribution in [3.63, 3.8) is 0 Å². The van der Waals surface area contributed by atoms with Crippen molar-refractivity contribution in [2.75, 3.05) is 85.8 Å². The van der Waals surface area contributed by atoms with Crippen LogP contribution in [0, 0.1) is 0 Å². The molecule has 0 unspecified atom stereocenters. The molecule has 2 rings (SSSR count). The van der Waals surface area contributed by atoms with Gasteiger partial charge in [0.25, 0.3) is 0 Å². The van der Waals surface area contributed by atoms with Crippen LogP contribution in [-0.4, -0.2) is 101 Å². The van der Waals surface area contributed by atoms with Gasteiger partial charge >= 0.3 is 0 Å². The summed E-state index contributed by atoms with van der Waals surface area (Å²) >= 11 is 0. The summed E-state index contributed by atoms with van der Waals surface area (Å²) in [6.07, 6.45) is 0. The minimum Gasteiger partial charge on any atom is -0.383 e. The number of hydrogen-bond donors (Lipinski definition) is 0. The predicted octanol–water partition coefficient (Wildman–Crippen LogP) is 1.64. The molecule has 0 saturated carbocycles. The molecule has 0 aliphatic carbocycles. The quantitative estimate of drug-likeness (QED) is 0.742. The molecule has 0 spiro atoms. The van der Waals surface area contributed by atoms with Gasteiger partial charge in [-0.2, -0.15) is 0 Å². The Kier molecular flexibility index (Phi) is 15.5. The van der Waals surface area contributed by atoms with Crippen molar-refractivity contribution in [3.05, 3.63) is 0 Å². The van der Waals surface area contributed by atoms with Gasteiger partial charge in [-0.1, -0.05) is 27.7 Å². The van der Waals surface area contributed by atoms with Crippen molar-refractivity contribution in [3.8, 4) is 0 Å². The van der Waals surface area contributed by atoms with Crippen LogP contribution in [0.5, 0.6) is 0 Å². The third-order valence-corrected chi connectivity index (χ3v) is 3.91. The van der Waals surface area contributed by atoms with E-state index in [1.165, 1.54) is 39.3 Å². The van der Waals surface area contributed by atoms with E-state index in [1.807, 2.05) is 27.7 Å². The van der Waals surface area contributed by atoms with Crippen LogP contribution in [0.1, 0.15) is 27.7 Å². The Labute approximate surface area is 138 Å². The lowest BCUT2D eigenvalue weighted by Crippen LogP contribution is -2.49. The number of rotatable bonds is 6. The van der Waals surface area contributed by atoms with Crippen molar-refractivity contribution in [2.24, 2.45) is 0 Å². The summed E-state index contributed by atoms with van der Waals surface area (Å²) in [5.41, 5.74) is 0. The minimum absolute atomic E-state index is 0.855. The van der Waals surface area contributed by atoms with Crippen molar-refractivity contribution in [1.29, 1.82) is 0 Å². The Morgan fingerprint density at radius 1 is 0.682 bits per heavy atom. The van der Waals surface area contributed by atoms with Gasteiger partial charge in [-0.3, -0.25) is 14.7 Å². The number of piperazine rings is 1. The Morgan fingerprint density at radius 2 is 1.09 bits per heavy atom. The molecule has 2 heterocycles. The Morgan fingerprint density at radius 3 is 1.55 bits per heavy atom. The summed E-state index contributed by atoms with van der Waals surface area (Å²) in [4.78, 5) is 7.59. The zero-order valence-electron chi connectivity index (χ0n) is 15.6. The molecular formula is C17H39N3O2. The van der Waals surface area contributed by atoms with E-state index in [2.05, 4.69) is 14.7 Å². The van der Waals surface area contributed by atoms with E-state index < -0.39 is 0 Å². The normalized spacial score (nSPS) is 20.6. The van der Waals surface area contributed by atoms with Gasteiger partial charge in [0.15, 0.2) is 0 Å². The molecule has 0 aromatic carbocycles. The molecule has 5 heteroatoms. The Balaban J connectivity index is 0.00000102. The molecule has 0 atom stereocenters. The summed E-state index contributed by atoms with van der Waals surface area (Å²) in [5, 5.41) is 0. The second-order valence-corrected chi connectivity index (χ2v) is 5.13. The van der Waals surface area contributed by atoms with Crippen LogP contribution in [0.2, 0.25) is 0 Å². The van der Waals surface area contributed by atoms with E-state index in [-0.39, 0.29) is 0 Å². The highest BCUT2D eigenvalue weighted by Gasteiger charge is 2.17. The molecule has 2 fully saturated rings. The van der Waals surface area contributed by atoms with E-state index in [1.54, 1.807) is 7.11 Å². The maximum atomic E-state index is 5.37. The first-order valence-electron chi connectivity index (χ1n) is 9.12. The van der Waals surface area contributed by atoms with E-state index in [0.29, 0.717) is 0 Å². The van der Waals surface area contributed by atoms with Gasteiger partial charge in [0, 0.05) is 66.0 Å². The van der Waals surface area contributed by atoms with Gasteiger partial charge in [-0.25, -0.2) is 0 Å². The van der Waals surface area contributed by atoms with E-state index in [9.17, 15) is 0 Å². The first-order valence-corrected chi connectivity index (χ1v) is 9.12. The summed E-state index contributed by atoms with van der Waals surface area (Å²) in [5.74, 6) is 0. The molecular weight excluding hydrogens is 278 g/mol. The molecule has 0 radical (unpaired) electrons. The molecule has 0 aromatic heterocycles. The third-order valence-electron chi connectivity index (χ3n) is 3.91. The zero-order chi connectivity index (χ0) is 16.6. The van der Waals surface area contributed by atoms with Crippen LogP contribution in [0.15, 0.2) is 0 Å². The summed E-state index contributed by atoms with van der Waals surface area (Å²) in [7, 11) is 1.78. The van der Waals surface area contributed by atoms with Crippen LogP contribution in [0.4, 0.5) is 0 Å². The smallest absolute Gasteiger partial charge is 0.0594 e. The lowest BCUT2D eigenvalue weighted by atomic mass is 10.3. The van der Waals surface area contributed by atoms with E-state index >= 15 is 0 Å². The number of nitrogens with zero attached hydrogens (tertiary/aromatic N) is 3. The second kappa shape index (κ2) is 15.7. The molecule has 134 valence electrons. The maximum Gasteiger partial charge on any atom is 0.0594 e. The highest BCUT2D eigenvalue weighted by atomic mass is 16.5. The van der Waals surface area contributed by atoms with Crippen molar-refractivity contribution in [2.45, 2.75) is 27.7 Å². The Hall–Kier alpha value is -0.200. The van der Waals surface area contributed by atoms with Crippen LogP contribution in [-0.2, 0) is 9.47 Å². The fraction of sp³-hybridized carbons (Fsp3) is 1.00. The SMILES string of the molecule is CC.CC.COCCN1CCN(CCN2CCOCC2)CC1. The number of ether oxygens (including phenoxy) is 2. The van der Waals surface area contributed by atoms with Gasteiger partial charge in [-0.15, -0.1) is 0 Å². The monoisotopic (exact) mass is 317 g/mol. The Bertz CT molecular complexity index is 216. The van der Waals surface area contributed by atoms with Crippen molar-refractivity contribution < 1.29 is 9.47 Å². The number of hydrogen-bond acceptors (Lipinski definition) is 5. The van der Waals surface area contributed by atoms with Gasteiger partial charge in [0.2, 0.25) is 0 Å². The lowest BCUT2D eigenvalue weighted by Gasteiger charge is -2.36. The average molecular weight is 318 g/mol. The standard InChI is InChI=1S/C13H27N3O2.2C2H6/c1-17-11-8-15-5-2-14(3-6-15)4-7-16-9-12-18-13-10-16;2*1-2/h2-13H2,1H3;2*1-2H3. The van der Waals surface area contributed by atoms with Crippen LogP contribution >= 0.6 is 0 Å². The minimum atomic E-state index is 0.855. The molecule has 0 bridgehead atoms. The summed E-state index contributed by atoms with van der Waals surface area (Å²) < 4.78 is 10.5. The van der Waals surface area contributed by atoms with E-state index in [4.69, 9.17) is 9.47 Å². The van der Waals surface area contributed by atoms with Gasteiger partial charge < -0.3 is 9.47 Å². The van der Waals surface area contributed by atoms with Crippen molar-refractivity contribution >= 4 is 0 Å². The van der Waals surface area contributed by atoms with Crippen LogP contribution < -0.4 is 0 Å². The largest absolute Gasteiger partial charge is 0.383 e. The molecule has 0 amide bonds. The molecule has 2 aliphatic rings. The zero-order valence-corrected chi connectivity index (χ0v) is 15.6. The highest BCUT2D eigenvalue weighted by Crippen LogP contribution is 2.03. The van der Waals surface area contributed by atoms with Gasteiger partial charge in [0.1, 0.15) is 0 Å². The number of methoxy groups -OCH3 is 1. The molecule has 0 N–H and O–H groups in total. The fourth-order valence-electron chi connectivity index (χ4n) is 2.56. The molecule has 0 aromatic rings. The third kappa shape index (κ3) is 9.74. The fourth-order valence-corrected chi connectivity index (χ4v) is 2.56. The molecule has 2 aliphatic heterocycles. The van der Waals surface area contributed by atoms with E-state index in [0.717, 1.165) is 39.5 Å². The van der Waals surface area contributed by atoms with Gasteiger partial charge in [-0.05, 0) is 0 Å². The molecule has 22 heavy (non-hydrogen) atoms. The van der Waals surface area contributed by atoms with Gasteiger partial charge in [0.05, 0.1) is 19.8 Å². The maximum absolute atomic E-state index is 5.37. The number of morpholine rings is 1. The second-order valence-electron chi connectivity index (χ2n) is 5.13. The van der Waals surface area contributed by atoms with Crippen LogP contribution in [0.25, 0.3) is 0 Å². The first-order chi connectivity index (χ1) is 10.9. The summed E-state index contributed by atoms with van der Waals surface area (Å²) in [6.45, 7) is 21.1. The first kappa shape index (κ1) is 21.8. The average Bonchev–Trinajstić information content (AvgIpc) is 2.63. The van der Waals surface area contributed by atoms with Crippen LogP contribution in [0.3, 0.4) is 0 Å². The summed E-state index contributed by atoms with van der Waals surface area (Å²) in [6, 6.07) is 0. The lowest BCUT2D eigenvalue weighted by molar-refractivity contribution is 0.0289. The topological polar surface area (TPSA) is 28.2 Å². The van der Waals surface area contributed by atoms with Crippen molar-refractivity contribution in [1.82, 2.24) is 14.7 Å². The highest BCUT2D eigenvalue weighted by molar-refractivity contribution is 4.73. The predicted molar refractivity (Wildman–Crippen MR) is 94.7 cm³/mol. The molecule has 2 saturated heterocycles.